The zero-order valence-electron chi connectivity index (χ0n) is 8.55. The normalized spacial score (nSPS) is 45.7. The van der Waals surface area contributed by atoms with Crippen LogP contribution in [0.4, 0.5) is 0 Å². The third-order valence-corrected chi connectivity index (χ3v) is 4.37. The molecule has 2 N–H and O–H groups in total. The van der Waals surface area contributed by atoms with E-state index in [1.54, 1.807) is 0 Å². The van der Waals surface area contributed by atoms with Crippen LogP contribution in [0.2, 0.25) is 0 Å². The van der Waals surface area contributed by atoms with E-state index in [2.05, 4.69) is 12.2 Å². The summed E-state index contributed by atoms with van der Waals surface area (Å²) < 4.78 is 0. The van der Waals surface area contributed by atoms with Gasteiger partial charge in [-0.25, -0.2) is 0 Å². The Kier molecular flexibility index (Phi) is 2.61. The van der Waals surface area contributed by atoms with Crippen LogP contribution in [0, 0.1) is 11.3 Å². The maximum absolute atomic E-state index is 9.34. The van der Waals surface area contributed by atoms with Crippen LogP contribution in [0.5, 0.6) is 0 Å². The van der Waals surface area contributed by atoms with Crippen LogP contribution in [0.1, 0.15) is 39.0 Å². The first-order valence-electron chi connectivity index (χ1n) is 5.64. The van der Waals surface area contributed by atoms with Gasteiger partial charge < -0.3 is 10.4 Å². The lowest BCUT2D eigenvalue weighted by Crippen LogP contribution is -2.45. The molecule has 0 radical (unpaired) electrons. The van der Waals surface area contributed by atoms with E-state index in [0.717, 1.165) is 12.5 Å². The zero-order valence-corrected chi connectivity index (χ0v) is 8.55. The van der Waals surface area contributed by atoms with E-state index in [-0.39, 0.29) is 0 Å². The van der Waals surface area contributed by atoms with Crippen molar-refractivity contribution in [2.24, 2.45) is 11.3 Å². The molecule has 0 bridgehead atoms. The molecule has 1 saturated heterocycles. The lowest BCUT2D eigenvalue weighted by Gasteiger charge is -2.43. The van der Waals surface area contributed by atoms with Gasteiger partial charge >= 0.3 is 0 Å². The Balaban J connectivity index is 2.15. The van der Waals surface area contributed by atoms with Crippen LogP contribution < -0.4 is 5.32 Å². The molecule has 2 nitrogen and oxygen atoms in total. The summed E-state index contributed by atoms with van der Waals surface area (Å²) in [4.78, 5) is 0. The Labute approximate surface area is 80.7 Å². The predicted molar refractivity (Wildman–Crippen MR) is 53.6 cm³/mol. The lowest BCUT2D eigenvalue weighted by molar-refractivity contribution is 0.0601. The molecule has 2 fully saturated rings. The predicted octanol–water partition coefficient (Wildman–Crippen LogP) is 1.54. The Bertz CT molecular complexity index is 183. The van der Waals surface area contributed by atoms with Gasteiger partial charge in [0.25, 0.3) is 0 Å². The van der Waals surface area contributed by atoms with Crippen LogP contribution in [0.25, 0.3) is 0 Å². The molecule has 2 rings (SSSR count). The fourth-order valence-electron chi connectivity index (χ4n) is 3.43. The molecule has 13 heavy (non-hydrogen) atoms. The van der Waals surface area contributed by atoms with E-state index < -0.39 is 0 Å². The highest BCUT2D eigenvalue weighted by Crippen LogP contribution is 2.48. The van der Waals surface area contributed by atoms with E-state index >= 15 is 0 Å². The Morgan fingerprint density at radius 1 is 1.38 bits per heavy atom. The minimum atomic E-state index is 0.324. The minimum Gasteiger partial charge on any atom is -0.395 e. The second-order valence-electron chi connectivity index (χ2n) is 4.82. The number of rotatable bonds is 1. The van der Waals surface area contributed by atoms with Crippen molar-refractivity contribution in [2.45, 2.75) is 45.1 Å². The quantitative estimate of drug-likeness (QED) is 0.646. The number of aliphatic hydroxyl groups is 1. The van der Waals surface area contributed by atoms with Crippen molar-refractivity contribution >= 4 is 0 Å². The van der Waals surface area contributed by atoms with Crippen LogP contribution in [0.15, 0.2) is 0 Å². The van der Waals surface area contributed by atoms with Gasteiger partial charge in [-0.1, -0.05) is 26.2 Å². The zero-order chi connectivity index (χ0) is 9.31. The Morgan fingerprint density at radius 2 is 2.23 bits per heavy atom. The standard InChI is InChI=1S/C11H21NO/c1-9-4-2-3-5-11(9)6-7-12-10(11)8-13/h9-10,12-13H,2-8H2,1H3. The first-order valence-corrected chi connectivity index (χ1v) is 5.64. The summed E-state index contributed by atoms with van der Waals surface area (Å²) in [5.74, 6) is 0.799. The number of hydrogen-bond donors (Lipinski definition) is 2. The molecule has 1 aliphatic carbocycles. The molecule has 0 aromatic rings. The maximum atomic E-state index is 9.34. The SMILES string of the molecule is CC1CCCCC12CCNC2CO. The molecule has 0 aromatic carbocycles. The molecule has 0 aromatic heterocycles. The molecule has 1 saturated carbocycles. The van der Waals surface area contributed by atoms with Gasteiger partial charge in [0, 0.05) is 6.04 Å². The minimum absolute atomic E-state index is 0.324. The molecule has 2 aliphatic rings. The summed E-state index contributed by atoms with van der Waals surface area (Å²) in [6.07, 6.45) is 6.72. The lowest BCUT2D eigenvalue weighted by atomic mass is 9.63. The molecule has 76 valence electrons. The van der Waals surface area contributed by atoms with E-state index in [9.17, 15) is 5.11 Å². The van der Waals surface area contributed by atoms with Gasteiger partial charge in [-0.05, 0) is 30.7 Å². The van der Waals surface area contributed by atoms with Gasteiger partial charge in [0.1, 0.15) is 0 Å². The fraction of sp³-hybridized carbons (Fsp3) is 1.00. The highest BCUT2D eigenvalue weighted by Gasteiger charge is 2.46. The van der Waals surface area contributed by atoms with Crippen molar-refractivity contribution in [2.75, 3.05) is 13.2 Å². The van der Waals surface area contributed by atoms with Crippen molar-refractivity contribution in [3.05, 3.63) is 0 Å². The van der Waals surface area contributed by atoms with Crippen molar-refractivity contribution in [3.63, 3.8) is 0 Å². The molecule has 1 heterocycles. The highest BCUT2D eigenvalue weighted by atomic mass is 16.3. The van der Waals surface area contributed by atoms with Crippen molar-refractivity contribution < 1.29 is 5.11 Å². The van der Waals surface area contributed by atoms with Crippen LogP contribution in [-0.2, 0) is 0 Å². The van der Waals surface area contributed by atoms with Gasteiger partial charge in [-0.2, -0.15) is 0 Å². The molecule has 0 amide bonds. The summed E-state index contributed by atoms with van der Waals surface area (Å²) in [6, 6.07) is 0.378. The largest absolute Gasteiger partial charge is 0.395 e. The molecule has 1 aliphatic heterocycles. The topological polar surface area (TPSA) is 32.3 Å². The van der Waals surface area contributed by atoms with E-state index in [4.69, 9.17) is 0 Å². The average molecular weight is 183 g/mol. The number of aliphatic hydroxyl groups excluding tert-OH is 1. The monoisotopic (exact) mass is 183 g/mol. The molecular formula is C11H21NO. The highest BCUT2D eigenvalue weighted by molar-refractivity contribution is 5.01. The summed E-state index contributed by atoms with van der Waals surface area (Å²) in [6.45, 7) is 3.80. The average Bonchev–Trinajstić information content (AvgIpc) is 2.55. The van der Waals surface area contributed by atoms with Crippen molar-refractivity contribution in [3.8, 4) is 0 Å². The summed E-state index contributed by atoms with van der Waals surface area (Å²) >= 11 is 0. The molecule has 3 unspecified atom stereocenters. The van der Waals surface area contributed by atoms with Crippen molar-refractivity contribution in [1.82, 2.24) is 5.32 Å². The van der Waals surface area contributed by atoms with Gasteiger partial charge in [-0.3, -0.25) is 0 Å². The van der Waals surface area contributed by atoms with E-state index in [0.29, 0.717) is 18.1 Å². The van der Waals surface area contributed by atoms with Crippen LogP contribution >= 0.6 is 0 Å². The smallest absolute Gasteiger partial charge is 0.0590 e. The number of nitrogens with one attached hydrogen (secondary N) is 1. The summed E-state index contributed by atoms with van der Waals surface area (Å²) in [5, 5.41) is 12.8. The molecular weight excluding hydrogens is 162 g/mol. The second kappa shape index (κ2) is 3.58. The fourth-order valence-corrected chi connectivity index (χ4v) is 3.43. The van der Waals surface area contributed by atoms with Gasteiger partial charge in [0.2, 0.25) is 0 Å². The van der Waals surface area contributed by atoms with Gasteiger partial charge in [-0.15, -0.1) is 0 Å². The van der Waals surface area contributed by atoms with Gasteiger partial charge in [0.15, 0.2) is 0 Å². The third-order valence-electron chi connectivity index (χ3n) is 4.37. The summed E-state index contributed by atoms with van der Waals surface area (Å²) in [7, 11) is 0. The molecule has 2 heteroatoms. The summed E-state index contributed by atoms with van der Waals surface area (Å²) in [5.41, 5.74) is 0.438. The number of hydrogen-bond acceptors (Lipinski definition) is 2. The maximum Gasteiger partial charge on any atom is 0.0590 e. The Morgan fingerprint density at radius 3 is 2.92 bits per heavy atom. The second-order valence-corrected chi connectivity index (χ2v) is 4.82. The third kappa shape index (κ3) is 1.40. The molecule has 1 spiro atoms. The van der Waals surface area contributed by atoms with E-state index in [1.165, 1.54) is 32.1 Å². The first-order chi connectivity index (χ1) is 6.29. The Hall–Kier alpha value is -0.0800. The van der Waals surface area contributed by atoms with Crippen LogP contribution in [0.3, 0.4) is 0 Å². The van der Waals surface area contributed by atoms with E-state index in [1.807, 2.05) is 0 Å². The molecule has 3 atom stereocenters. The van der Waals surface area contributed by atoms with Gasteiger partial charge in [0.05, 0.1) is 6.61 Å². The first kappa shape index (κ1) is 9.47. The van der Waals surface area contributed by atoms with Crippen LogP contribution in [-0.4, -0.2) is 24.3 Å². The van der Waals surface area contributed by atoms with Crippen molar-refractivity contribution in [1.29, 1.82) is 0 Å².